The number of anilines is 1. The molecular formula is C13H19N. The summed E-state index contributed by atoms with van der Waals surface area (Å²) in [6.07, 6.45) is 5.02. The van der Waals surface area contributed by atoms with Crippen LogP contribution in [0.5, 0.6) is 0 Å². The Hall–Kier alpha value is -0.980. The summed E-state index contributed by atoms with van der Waals surface area (Å²) in [5.41, 5.74) is 4.59. The minimum Gasteiger partial charge on any atom is -0.374 e. The quantitative estimate of drug-likeness (QED) is 0.691. The number of aryl methyl sites for hydroxylation is 2. The van der Waals surface area contributed by atoms with Gasteiger partial charge in [-0.05, 0) is 30.4 Å². The minimum atomic E-state index is 1.22. The Morgan fingerprint density at radius 3 is 3.00 bits per heavy atom. The molecule has 2 rings (SSSR count). The van der Waals surface area contributed by atoms with Crippen molar-refractivity contribution >= 4 is 5.69 Å². The third-order valence-corrected chi connectivity index (χ3v) is 3.04. The van der Waals surface area contributed by atoms with Gasteiger partial charge in [-0.25, -0.2) is 0 Å². The molecule has 0 radical (unpaired) electrons. The number of fused-ring (bicyclic) bond motifs is 1. The van der Waals surface area contributed by atoms with Crippen molar-refractivity contribution in [3.8, 4) is 0 Å². The van der Waals surface area contributed by atoms with E-state index in [1.807, 2.05) is 0 Å². The van der Waals surface area contributed by atoms with E-state index in [2.05, 4.69) is 37.1 Å². The van der Waals surface area contributed by atoms with E-state index in [0.29, 0.717) is 0 Å². The van der Waals surface area contributed by atoms with E-state index in [4.69, 9.17) is 0 Å². The van der Waals surface area contributed by atoms with Gasteiger partial charge in [0, 0.05) is 19.3 Å². The van der Waals surface area contributed by atoms with E-state index in [9.17, 15) is 0 Å². The molecule has 1 nitrogen and oxygen atoms in total. The van der Waals surface area contributed by atoms with Gasteiger partial charge >= 0.3 is 0 Å². The van der Waals surface area contributed by atoms with Crippen LogP contribution in [-0.4, -0.2) is 13.6 Å². The molecule has 76 valence electrons. The molecule has 1 aromatic carbocycles. The first-order chi connectivity index (χ1) is 6.83. The fourth-order valence-corrected chi connectivity index (χ4v) is 2.43. The second kappa shape index (κ2) is 4.04. The Kier molecular flexibility index (Phi) is 2.76. The van der Waals surface area contributed by atoms with Crippen LogP contribution in [0.4, 0.5) is 5.69 Å². The normalized spacial score (nSPS) is 15.4. The van der Waals surface area contributed by atoms with Crippen LogP contribution >= 0.6 is 0 Å². The van der Waals surface area contributed by atoms with E-state index in [0.717, 1.165) is 0 Å². The van der Waals surface area contributed by atoms with E-state index >= 15 is 0 Å². The van der Waals surface area contributed by atoms with Gasteiger partial charge in [0.05, 0.1) is 0 Å². The summed E-state index contributed by atoms with van der Waals surface area (Å²) in [4.78, 5) is 2.42. The molecule has 1 aromatic rings. The van der Waals surface area contributed by atoms with Crippen molar-refractivity contribution in [2.75, 3.05) is 18.5 Å². The number of benzene rings is 1. The summed E-state index contributed by atoms with van der Waals surface area (Å²) in [6.45, 7) is 3.47. The Bertz CT molecular complexity index is 317. The molecule has 0 fully saturated rings. The van der Waals surface area contributed by atoms with Crippen molar-refractivity contribution in [2.24, 2.45) is 0 Å². The minimum absolute atomic E-state index is 1.22. The number of rotatable bonds is 2. The molecule has 1 aliphatic heterocycles. The van der Waals surface area contributed by atoms with E-state index in [1.165, 1.54) is 43.5 Å². The van der Waals surface area contributed by atoms with Gasteiger partial charge in [0.25, 0.3) is 0 Å². The summed E-state index contributed by atoms with van der Waals surface area (Å²) in [7, 11) is 2.22. The van der Waals surface area contributed by atoms with Gasteiger partial charge in [-0.3, -0.25) is 0 Å². The average molecular weight is 189 g/mol. The number of para-hydroxylation sites is 1. The molecule has 0 bridgehead atoms. The topological polar surface area (TPSA) is 3.24 Å². The third-order valence-electron chi connectivity index (χ3n) is 3.04. The number of nitrogens with zero attached hydrogens (tertiary/aromatic N) is 1. The maximum atomic E-state index is 2.42. The molecule has 0 saturated carbocycles. The van der Waals surface area contributed by atoms with Gasteiger partial charge < -0.3 is 4.90 Å². The van der Waals surface area contributed by atoms with Crippen molar-refractivity contribution in [1.29, 1.82) is 0 Å². The van der Waals surface area contributed by atoms with Crippen LogP contribution in [0.2, 0.25) is 0 Å². The molecule has 1 heterocycles. The molecule has 14 heavy (non-hydrogen) atoms. The van der Waals surface area contributed by atoms with Crippen LogP contribution in [-0.2, 0) is 12.8 Å². The molecule has 0 unspecified atom stereocenters. The van der Waals surface area contributed by atoms with Crippen LogP contribution in [0.15, 0.2) is 18.2 Å². The Morgan fingerprint density at radius 1 is 1.36 bits per heavy atom. The van der Waals surface area contributed by atoms with Gasteiger partial charge in [-0.1, -0.05) is 31.5 Å². The fourth-order valence-electron chi connectivity index (χ4n) is 2.43. The van der Waals surface area contributed by atoms with Crippen LogP contribution in [0.25, 0.3) is 0 Å². The average Bonchev–Trinajstić information content (AvgIpc) is 2.19. The molecule has 0 N–H and O–H groups in total. The first-order valence-corrected chi connectivity index (χ1v) is 5.65. The van der Waals surface area contributed by atoms with Gasteiger partial charge in [0.2, 0.25) is 0 Å². The van der Waals surface area contributed by atoms with Crippen molar-refractivity contribution in [2.45, 2.75) is 32.6 Å². The summed E-state index contributed by atoms with van der Waals surface area (Å²) >= 11 is 0. The van der Waals surface area contributed by atoms with Crippen LogP contribution in [0.1, 0.15) is 30.9 Å². The Morgan fingerprint density at radius 2 is 2.21 bits per heavy atom. The predicted octanol–water partition coefficient (Wildman–Crippen LogP) is 3.02. The van der Waals surface area contributed by atoms with Gasteiger partial charge in [-0.15, -0.1) is 0 Å². The van der Waals surface area contributed by atoms with E-state index in [-0.39, 0.29) is 0 Å². The van der Waals surface area contributed by atoms with E-state index < -0.39 is 0 Å². The molecule has 1 aliphatic rings. The molecule has 0 saturated heterocycles. The largest absolute Gasteiger partial charge is 0.374 e. The SMILES string of the molecule is CCCc1cccc2c1N(C)CCC2. The Balaban J connectivity index is 2.41. The lowest BCUT2D eigenvalue weighted by Gasteiger charge is -2.29. The Labute approximate surface area is 86.7 Å². The molecule has 1 heteroatoms. The second-order valence-electron chi connectivity index (χ2n) is 4.20. The highest BCUT2D eigenvalue weighted by atomic mass is 15.1. The van der Waals surface area contributed by atoms with Crippen molar-refractivity contribution < 1.29 is 0 Å². The second-order valence-corrected chi connectivity index (χ2v) is 4.20. The van der Waals surface area contributed by atoms with Gasteiger partial charge in [0.1, 0.15) is 0 Å². The highest BCUT2D eigenvalue weighted by Gasteiger charge is 2.15. The predicted molar refractivity (Wildman–Crippen MR) is 62.0 cm³/mol. The summed E-state index contributed by atoms with van der Waals surface area (Å²) in [6, 6.07) is 6.78. The van der Waals surface area contributed by atoms with Crippen molar-refractivity contribution in [1.82, 2.24) is 0 Å². The highest BCUT2D eigenvalue weighted by Crippen LogP contribution is 2.30. The maximum Gasteiger partial charge on any atom is 0.0428 e. The van der Waals surface area contributed by atoms with Crippen molar-refractivity contribution in [3.05, 3.63) is 29.3 Å². The number of hydrogen-bond donors (Lipinski definition) is 0. The number of hydrogen-bond acceptors (Lipinski definition) is 1. The van der Waals surface area contributed by atoms with E-state index in [1.54, 1.807) is 5.56 Å². The zero-order chi connectivity index (χ0) is 9.97. The van der Waals surface area contributed by atoms with Crippen molar-refractivity contribution in [3.63, 3.8) is 0 Å². The summed E-state index contributed by atoms with van der Waals surface area (Å²) in [5.74, 6) is 0. The lowest BCUT2D eigenvalue weighted by atomic mass is 9.96. The van der Waals surface area contributed by atoms with Crippen LogP contribution < -0.4 is 4.90 Å². The van der Waals surface area contributed by atoms with Gasteiger partial charge in [-0.2, -0.15) is 0 Å². The van der Waals surface area contributed by atoms with Gasteiger partial charge in [0.15, 0.2) is 0 Å². The maximum absolute atomic E-state index is 2.42. The molecule has 0 atom stereocenters. The first-order valence-electron chi connectivity index (χ1n) is 5.65. The lowest BCUT2D eigenvalue weighted by Crippen LogP contribution is -2.25. The smallest absolute Gasteiger partial charge is 0.0428 e. The molecular weight excluding hydrogens is 170 g/mol. The molecule has 0 aromatic heterocycles. The zero-order valence-corrected chi connectivity index (χ0v) is 9.21. The monoisotopic (exact) mass is 189 g/mol. The lowest BCUT2D eigenvalue weighted by molar-refractivity contribution is 0.735. The highest BCUT2D eigenvalue weighted by molar-refractivity contribution is 5.60. The molecule has 0 aliphatic carbocycles. The standard InChI is InChI=1S/C13H19N/c1-3-6-11-7-4-8-12-9-5-10-14(2)13(11)12/h4,7-8H,3,5-6,9-10H2,1-2H3. The third kappa shape index (κ3) is 1.63. The summed E-state index contributed by atoms with van der Waals surface area (Å²) < 4.78 is 0. The first kappa shape index (κ1) is 9.57. The fraction of sp³-hybridized carbons (Fsp3) is 0.538. The molecule has 0 spiro atoms. The van der Waals surface area contributed by atoms with Crippen LogP contribution in [0.3, 0.4) is 0 Å². The zero-order valence-electron chi connectivity index (χ0n) is 9.21. The van der Waals surface area contributed by atoms with Crippen LogP contribution in [0, 0.1) is 0 Å². The molecule has 0 amide bonds. The summed E-state index contributed by atoms with van der Waals surface area (Å²) in [5, 5.41) is 0.